The highest BCUT2D eigenvalue weighted by Crippen LogP contribution is 2.31. The predicted octanol–water partition coefficient (Wildman–Crippen LogP) is 0.468. The molecule has 0 saturated heterocycles. The maximum Gasteiger partial charge on any atom is 0.408 e. The minimum Gasteiger partial charge on any atom is -0.444 e. The van der Waals surface area contributed by atoms with Gasteiger partial charge in [0.25, 0.3) is 0 Å². The molecular weight excluding hydrogens is 196 g/mol. The largest absolute Gasteiger partial charge is 0.444 e. The molecule has 1 aliphatic carbocycles. The molecular formula is C10H16N2O3. The SMILES string of the molecule is CC(C)(C)OC(=O)N[C@H]1C[C@@H](O)[C@@H]2N=C12. The molecule has 0 aromatic heterocycles. The van der Waals surface area contributed by atoms with Gasteiger partial charge < -0.3 is 15.2 Å². The molecule has 2 N–H and O–H groups in total. The molecule has 0 bridgehead atoms. The number of amides is 1. The minimum atomic E-state index is -0.494. The van der Waals surface area contributed by atoms with Gasteiger partial charge in [0.1, 0.15) is 11.6 Å². The van der Waals surface area contributed by atoms with Gasteiger partial charge in [-0.25, -0.2) is 4.79 Å². The molecule has 1 aliphatic heterocycles. The highest BCUT2D eigenvalue weighted by atomic mass is 16.6. The van der Waals surface area contributed by atoms with Crippen molar-refractivity contribution >= 4 is 11.8 Å². The van der Waals surface area contributed by atoms with Crippen LogP contribution in [0.4, 0.5) is 4.79 Å². The quantitative estimate of drug-likeness (QED) is 0.663. The van der Waals surface area contributed by atoms with Crippen molar-refractivity contribution in [1.29, 1.82) is 0 Å². The van der Waals surface area contributed by atoms with Crippen LogP contribution in [0.5, 0.6) is 0 Å². The molecule has 3 atom stereocenters. The Morgan fingerprint density at radius 1 is 1.60 bits per heavy atom. The third-order valence-corrected chi connectivity index (χ3v) is 2.41. The van der Waals surface area contributed by atoms with Crippen molar-refractivity contribution in [3.8, 4) is 0 Å². The first-order valence-electron chi connectivity index (χ1n) is 5.12. The summed E-state index contributed by atoms with van der Waals surface area (Å²) in [6.07, 6.45) is -0.335. The number of alkyl carbamates (subject to hydrolysis) is 1. The number of aliphatic imine (C=N–C) groups is 1. The van der Waals surface area contributed by atoms with E-state index < -0.39 is 17.8 Å². The van der Waals surface area contributed by atoms with E-state index >= 15 is 0 Å². The Labute approximate surface area is 88.5 Å². The van der Waals surface area contributed by atoms with E-state index in [-0.39, 0.29) is 12.1 Å². The summed E-state index contributed by atoms with van der Waals surface area (Å²) in [5, 5.41) is 12.2. The zero-order valence-electron chi connectivity index (χ0n) is 9.15. The lowest BCUT2D eigenvalue weighted by Gasteiger charge is -2.21. The number of aliphatic hydroxyl groups is 1. The molecule has 2 rings (SSSR count). The van der Waals surface area contributed by atoms with Crippen molar-refractivity contribution in [3.05, 3.63) is 0 Å². The van der Waals surface area contributed by atoms with Crippen LogP contribution in [-0.4, -0.2) is 40.7 Å². The molecule has 1 heterocycles. The number of nitrogens with zero attached hydrogens (tertiary/aromatic N) is 1. The van der Waals surface area contributed by atoms with Gasteiger partial charge in [-0.15, -0.1) is 0 Å². The molecule has 0 aromatic rings. The minimum absolute atomic E-state index is 0.0371. The molecule has 5 heteroatoms. The third-order valence-electron chi connectivity index (χ3n) is 2.41. The van der Waals surface area contributed by atoms with Crippen LogP contribution in [-0.2, 0) is 4.74 Å². The number of fused-ring (bicyclic) bond motifs is 1. The summed E-state index contributed by atoms with van der Waals surface area (Å²) in [5.74, 6) is 0. The number of carbonyl (C=O) groups excluding carboxylic acids is 1. The molecule has 5 nitrogen and oxygen atoms in total. The zero-order chi connectivity index (χ0) is 11.2. The number of hydrogen-bond acceptors (Lipinski definition) is 4. The Morgan fingerprint density at radius 3 is 2.67 bits per heavy atom. The van der Waals surface area contributed by atoms with Gasteiger partial charge in [0.05, 0.1) is 17.9 Å². The monoisotopic (exact) mass is 212 g/mol. The second kappa shape index (κ2) is 3.20. The average molecular weight is 212 g/mol. The fraction of sp³-hybridized carbons (Fsp3) is 0.800. The van der Waals surface area contributed by atoms with Crippen LogP contribution in [0.2, 0.25) is 0 Å². The van der Waals surface area contributed by atoms with Gasteiger partial charge in [-0.05, 0) is 20.8 Å². The summed E-state index contributed by atoms with van der Waals surface area (Å²) in [6, 6.07) is -0.176. The lowest BCUT2D eigenvalue weighted by molar-refractivity contribution is 0.0511. The summed E-state index contributed by atoms with van der Waals surface area (Å²) >= 11 is 0. The maximum absolute atomic E-state index is 11.4. The van der Waals surface area contributed by atoms with Crippen molar-refractivity contribution in [2.75, 3.05) is 0 Å². The normalized spacial score (nSPS) is 33.1. The van der Waals surface area contributed by atoms with Gasteiger partial charge >= 0.3 is 6.09 Å². The van der Waals surface area contributed by atoms with Crippen molar-refractivity contribution in [1.82, 2.24) is 5.32 Å². The van der Waals surface area contributed by atoms with Crippen LogP contribution in [0.3, 0.4) is 0 Å². The summed E-state index contributed by atoms with van der Waals surface area (Å²) < 4.78 is 5.12. The molecule has 0 radical (unpaired) electrons. The van der Waals surface area contributed by atoms with E-state index in [1.54, 1.807) is 0 Å². The van der Waals surface area contributed by atoms with Crippen LogP contribution in [0, 0.1) is 0 Å². The summed E-state index contributed by atoms with van der Waals surface area (Å²) in [5.41, 5.74) is 0.403. The van der Waals surface area contributed by atoms with Gasteiger partial charge in [-0.1, -0.05) is 0 Å². The summed E-state index contributed by atoms with van der Waals surface area (Å²) in [4.78, 5) is 15.5. The van der Waals surface area contributed by atoms with Crippen molar-refractivity contribution in [2.24, 2.45) is 4.99 Å². The van der Waals surface area contributed by atoms with Crippen LogP contribution >= 0.6 is 0 Å². The van der Waals surface area contributed by atoms with Gasteiger partial charge in [0, 0.05) is 6.42 Å². The molecule has 84 valence electrons. The first kappa shape index (κ1) is 10.4. The number of rotatable bonds is 1. The Balaban J connectivity index is 1.83. The fourth-order valence-electron chi connectivity index (χ4n) is 1.78. The number of ether oxygens (including phenoxy) is 1. The van der Waals surface area contributed by atoms with Crippen molar-refractivity contribution in [2.45, 2.75) is 51.0 Å². The van der Waals surface area contributed by atoms with Crippen molar-refractivity contribution in [3.63, 3.8) is 0 Å². The maximum atomic E-state index is 11.4. The molecule has 1 saturated carbocycles. The first-order chi connectivity index (χ1) is 6.87. The number of carbonyl (C=O) groups is 1. The molecule has 0 aromatic carbocycles. The van der Waals surface area contributed by atoms with Crippen LogP contribution in [0.15, 0.2) is 4.99 Å². The van der Waals surface area contributed by atoms with Crippen LogP contribution in [0.1, 0.15) is 27.2 Å². The summed E-state index contributed by atoms with van der Waals surface area (Å²) in [7, 11) is 0. The topological polar surface area (TPSA) is 70.9 Å². The predicted molar refractivity (Wildman–Crippen MR) is 55.0 cm³/mol. The van der Waals surface area contributed by atoms with E-state index in [0.29, 0.717) is 6.42 Å². The third kappa shape index (κ3) is 2.28. The molecule has 0 unspecified atom stereocenters. The van der Waals surface area contributed by atoms with Crippen LogP contribution in [0.25, 0.3) is 0 Å². The van der Waals surface area contributed by atoms with Gasteiger partial charge in [0.15, 0.2) is 0 Å². The lowest BCUT2D eigenvalue weighted by atomic mass is 10.2. The average Bonchev–Trinajstić information content (AvgIpc) is 2.71. The van der Waals surface area contributed by atoms with E-state index in [1.807, 2.05) is 20.8 Å². The second-order valence-electron chi connectivity index (χ2n) is 5.00. The fourth-order valence-corrected chi connectivity index (χ4v) is 1.78. The van der Waals surface area contributed by atoms with E-state index in [1.165, 1.54) is 0 Å². The Kier molecular flexibility index (Phi) is 2.22. The standard InChI is InChI=1S/C10H16N2O3/c1-10(2,3)15-9(14)11-5-4-6(13)8-7(5)12-8/h5-6,8,13H,4H2,1-3H3,(H,11,14)/t5-,6+,8-/m0/s1. The lowest BCUT2D eigenvalue weighted by Crippen LogP contribution is -2.40. The molecule has 1 fully saturated rings. The second-order valence-corrected chi connectivity index (χ2v) is 5.00. The zero-order valence-corrected chi connectivity index (χ0v) is 9.15. The van der Waals surface area contributed by atoms with E-state index in [4.69, 9.17) is 4.74 Å². The molecule has 2 aliphatic rings. The Hall–Kier alpha value is -1.10. The van der Waals surface area contributed by atoms with Crippen LogP contribution < -0.4 is 5.32 Å². The van der Waals surface area contributed by atoms with E-state index in [0.717, 1.165) is 5.71 Å². The smallest absolute Gasteiger partial charge is 0.408 e. The Bertz CT molecular complexity index is 319. The highest BCUT2D eigenvalue weighted by Gasteiger charge is 2.48. The number of hydrogen-bond donors (Lipinski definition) is 2. The molecule has 0 spiro atoms. The van der Waals surface area contributed by atoms with E-state index in [2.05, 4.69) is 10.3 Å². The number of aliphatic hydroxyl groups excluding tert-OH is 1. The first-order valence-corrected chi connectivity index (χ1v) is 5.12. The summed E-state index contributed by atoms with van der Waals surface area (Å²) in [6.45, 7) is 5.44. The van der Waals surface area contributed by atoms with Gasteiger partial charge in [0.2, 0.25) is 0 Å². The Morgan fingerprint density at radius 2 is 2.27 bits per heavy atom. The molecule has 15 heavy (non-hydrogen) atoms. The molecule has 1 amide bonds. The highest BCUT2D eigenvalue weighted by molar-refractivity contribution is 6.08. The van der Waals surface area contributed by atoms with E-state index in [9.17, 15) is 9.90 Å². The van der Waals surface area contributed by atoms with Gasteiger partial charge in [-0.3, -0.25) is 4.99 Å². The van der Waals surface area contributed by atoms with Gasteiger partial charge in [-0.2, -0.15) is 0 Å². The number of nitrogens with one attached hydrogen (secondary N) is 1. The van der Waals surface area contributed by atoms with Crippen molar-refractivity contribution < 1.29 is 14.6 Å².